The van der Waals surface area contributed by atoms with Crippen LogP contribution in [0.15, 0.2) is 24.4 Å². The number of aryl methyl sites for hydroxylation is 2. The number of nitrogens with one attached hydrogen (secondary N) is 2. The number of nitrogens with zero attached hydrogens (tertiary/aromatic N) is 1. The average molecular weight is 229 g/mol. The summed E-state index contributed by atoms with van der Waals surface area (Å²) >= 11 is 0. The maximum absolute atomic E-state index is 4.17. The molecule has 1 heterocycles. The van der Waals surface area contributed by atoms with Crippen LogP contribution in [0.1, 0.15) is 16.8 Å². The van der Waals surface area contributed by atoms with E-state index in [1.165, 1.54) is 27.9 Å². The van der Waals surface area contributed by atoms with Crippen LogP contribution >= 0.6 is 0 Å². The van der Waals surface area contributed by atoms with Gasteiger partial charge in [-0.2, -0.15) is 5.10 Å². The molecule has 0 radical (unpaired) electrons. The van der Waals surface area contributed by atoms with Gasteiger partial charge in [0.15, 0.2) is 0 Å². The van der Waals surface area contributed by atoms with Gasteiger partial charge >= 0.3 is 0 Å². The summed E-state index contributed by atoms with van der Waals surface area (Å²) in [5, 5.41) is 10.4. The van der Waals surface area contributed by atoms with E-state index in [1.54, 1.807) is 0 Å². The molecule has 1 aromatic heterocycles. The highest BCUT2D eigenvalue weighted by Gasteiger charge is 2.09. The van der Waals surface area contributed by atoms with E-state index in [1.807, 2.05) is 13.2 Å². The first-order chi connectivity index (χ1) is 8.22. The van der Waals surface area contributed by atoms with Crippen LogP contribution in [0.25, 0.3) is 11.1 Å². The molecule has 0 fully saturated rings. The zero-order valence-corrected chi connectivity index (χ0v) is 10.7. The molecule has 90 valence electrons. The molecule has 1 aromatic carbocycles. The zero-order chi connectivity index (χ0) is 12.3. The minimum Gasteiger partial charge on any atom is -0.319 e. The Bertz CT molecular complexity index is 500. The Morgan fingerprint density at radius 3 is 2.82 bits per heavy atom. The fourth-order valence-corrected chi connectivity index (χ4v) is 2.01. The molecular weight excluding hydrogens is 210 g/mol. The number of benzene rings is 1. The van der Waals surface area contributed by atoms with Crippen molar-refractivity contribution in [3.05, 3.63) is 41.2 Å². The maximum Gasteiger partial charge on any atom is 0.0568 e. The molecule has 0 saturated heterocycles. The summed E-state index contributed by atoms with van der Waals surface area (Å²) < 4.78 is 0. The van der Waals surface area contributed by atoms with Gasteiger partial charge in [-0.3, -0.25) is 5.10 Å². The predicted molar refractivity (Wildman–Crippen MR) is 71.1 cm³/mol. The van der Waals surface area contributed by atoms with Crippen LogP contribution in [0.2, 0.25) is 0 Å². The molecule has 0 unspecified atom stereocenters. The lowest BCUT2D eigenvalue weighted by atomic mass is 9.98. The first-order valence-electron chi connectivity index (χ1n) is 5.97. The van der Waals surface area contributed by atoms with Gasteiger partial charge in [0.25, 0.3) is 0 Å². The molecule has 2 N–H and O–H groups in total. The molecule has 0 saturated carbocycles. The fourth-order valence-electron chi connectivity index (χ4n) is 2.01. The number of aromatic nitrogens is 2. The van der Waals surface area contributed by atoms with E-state index in [9.17, 15) is 0 Å². The smallest absolute Gasteiger partial charge is 0.0568 e. The van der Waals surface area contributed by atoms with Crippen molar-refractivity contribution in [2.45, 2.75) is 20.3 Å². The van der Waals surface area contributed by atoms with Crippen molar-refractivity contribution in [3.63, 3.8) is 0 Å². The molecule has 0 bridgehead atoms. The number of hydrogen-bond donors (Lipinski definition) is 2. The Balaban J connectivity index is 2.38. The van der Waals surface area contributed by atoms with Gasteiger partial charge in [-0.25, -0.2) is 0 Å². The molecule has 17 heavy (non-hydrogen) atoms. The first kappa shape index (κ1) is 11.9. The van der Waals surface area contributed by atoms with Crippen molar-refractivity contribution in [2.24, 2.45) is 0 Å². The molecule has 0 aliphatic rings. The van der Waals surface area contributed by atoms with Crippen LogP contribution in [0.3, 0.4) is 0 Å². The quantitative estimate of drug-likeness (QED) is 0.845. The summed E-state index contributed by atoms with van der Waals surface area (Å²) in [6.45, 7) is 5.22. The van der Waals surface area contributed by atoms with Crippen LogP contribution in [0, 0.1) is 13.8 Å². The molecule has 0 amide bonds. The summed E-state index contributed by atoms with van der Waals surface area (Å²) in [5.74, 6) is 0. The van der Waals surface area contributed by atoms with E-state index in [0.717, 1.165) is 13.0 Å². The third-order valence-corrected chi connectivity index (χ3v) is 3.03. The Hall–Kier alpha value is -1.61. The lowest BCUT2D eigenvalue weighted by Gasteiger charge is -2.07. The normalized spacial score (nSPS) is 10.8. The second kappa shape index (κ2) is 5.15. The van der Waals surface area contributed by atoms with Gasteiger partial charge in [-0.05, 0) is 32.0 Å². The highest BCUT2D eigenvalue weighted by atomic mass is 15.1. The second-order valence-corrected chi connectivity index (χ2v) is 4.43. The summed E-state index contributed by atoms with van der Waals surface area (Å²) in [7, 11) is 1.97. The van der Waals surface area contributed by atoms with Crippen LogP contribution in [0.4, 0.5) is 0 Å². The SMILES string of the molecule is CNCCc1[nH]ncc1-c1cc(C)ccc1C. The predicted octanol–water partition coefficient (Wildman–Crippen LogP) is 2.46. The van der Waals surface area contributed by atoms with Crippen LogP contribution in [-0.4, -0.2) is 23.8 Å². The summed E-state index contributed by atoms with van der Waals surface area (Å²) in [4.78, 5) is 0. The lowest BCUT2D eigenvalue weighted by molar-refractivity contribution is 0.773. The molecule has 2 rings (SSSR count). The molecule has 0 spiro atoms. The Labute approximate surface area is 102 Å². The van der Waals surface area contributed by atoms with E-state index in [4.69, 9.17) is 0 Å². The van der Waals surface area contributed by atoms with Crippen molar-refractivity contribution in [1.82, 2.24) is 15.5 Å². The Morgan fingerprint density at radius 1 is 1.24 bits per heavy atom. The van der Waals surface area contributed by atoms with Gasteiger partial charge in [-0.15, -0.1) is 0 Å². The molecule has 0 aliphatic heterocycles. The Kier molecular flexibility index (Phi) is 3.59. The monoisotopic (exact) mass is 229 g/mol. The van der Waals surface area contributed by atoms with Crippen molar-refractivity contribution in [3.8, 4) is 11.1 Å². The highest BCUT2D eigenvalue weighted by molar-refractivity contribution is 5.69. The van der Waals surface area contributed by atoms with Crippen LogP contribution in [0.5, 0.6) is 0 Å². The summed E-state index contributed by atoms with van der Waals surface area (Å²) in [5.41, 5.74) is 6.29. The number of H-pyrrole nitrogens is 1. The minimum absolute atomic E-state index is 0.958. The van der Waals surface area contributed by atoms with E-state index in [-0.39, 0.29) is 0 Å². The summed E-state index contributed by atoms with van der Waals surface area (Å²) in [6.07, 6.45) is 2.89. The van der Waals surface area contributed by atoms with Gasteiger partial charge in [0.05, 0.1) is 6.20 Å². The van der Waals surface area contributed by atoms with Gasteiger partial charge < -0.3 is 5.32 Å². The minimum atomic E-state index is 0.958. The lowest BCUT2D eigenvalue weighted by Crippen LogP contribution is -2.11. The fraction of sp³-hybridized carbons (Fsp3) is 0.357. The van der Waals surface area contributed by atoms with Crippen molar-refractivity contribution in [2.75, 3.05) is 13.6 Å². The van der Waals surface area contributed by atoms with Gasteiger partial charge in [0.2, 0.25) is 0 Å². The third kappa shape index (κ3) is 2.56. The maximum atomic E-state index is 4.17. The molecule has 3 heteroatoms. The zero-order valence-electron chi connectivity index (χ0n) is 10.7. The molecule has 3 nitrogen and oxygen atoms in total. The van der Waals surface area contributed by atoms with Crippen molar-refractivity contribution < 1.29 is 0 Å². The molecular formula is C14H19N3. The van der Waals surface area contributed by atoms with E-state index < -0.39 is 0 Å². The largest absolute Gasteiger partial charge is 0.319 e. The number of rotatable bonds is 4. The standard InChI is InChI=1S/C14H19N3/c1-10-4-5-11(2)12(8-10)13-9-16-17-14(13)6-7-15-3/h4-5,8-9,15H,6-7H2,1-3H3,(H,16,17). The Morgan fingerprint density at radius 2 is 2.06 bits per heavy atom. The third-order valence-electron chi connectivity index (χ3n) is 3.03. The first-order valence-corrected chi connectivity index (χ1v) is 5.97. The van der Waals surface area contributed by atoms with Gasteiger partial charge in [-0.1, -0.05) is 23.8 Å². The highest BCUT2D eigenvalue weighted by Crippen LogP contribution is 2.26. The summed E-state index contributed by atoms with van der Waals surface area (Å²) in [6, 6.07) is 6.54. The molecule has 0 aliphatic carbocycles. The average Bonchev–Trinajstić information content (AvgIpc) is 2.77. The second-order valence-electron chi connectivity index (χ2n) is 4.43. The number of hydrogen-bond acceptors (Lipinski definition) is 2. The van der Waals surface area contributed by atoms with Crippen LogP contribution in [-0.2, 0) is 6.42 Å². The van der Waals surface area contributed by atoms with Gasteiger partial charge in [0.1, 0.15) is 0 Å². The van der Waals surface area contributed by atoms with E-state index in [0.29, 0.717) is 0 Å². The number of likely N-dealkylation sites (N-methyl/N-ethyl adjacent to an activating group) is 1. The van der Waals surface area contributed by atoms with Gasteiger partial charge in [0, 0.05) is 24.2 Å². The molecule has 2 aromatic rings. The van der Waals surface area contributed by atoms with Crippen molar-refractivity contribution >= 4 is 0 Å². The molecule has 0 atom stereocenters. The van der Waals surface area contributed by atoms with E-state index >= 15 is 0 Å². The van der Waals surface area contributed by atoms with E-state index in [2.05, 4.69) is 47.6 Å². The van der Waals surface area contributed by atoms with Crippen LogP contribution < -0.4 is 5.32 Å². The topological polar surface area (TPSA) is 40.7 Å². The number of aromatic amines is 1. The van der Waals surface area contributed by atoms with Crippen molar-refractivity contribution in [1.29, 1.82) is 0 Å².